The number of amides is 1. The van der Waals surface area contributed by atoms with Crippen LogP contribution in [0.3, 0.4) is 0 Å². The van der Waals surface area contributed by atoms with Crippen molar-refractivity contribution < 1.29 is 18.7 Å². The molecule has 1 heterocycles. The van der Waals surface area contributed by atoms with Crippen LogP contribution in [0.4, 0.5) is 5.69 Å². The van der Waals surface area contributed by atoms with Gasteiger partial charge >= 0.3 is 5.97 Å². The molecule has 1 N–H and O–H groups in total. The molecule has 0 aliphatic rings. The van der Waals surface area contributed by atoms with Crippen molar-refractivity contribution in [2.45, 2.75) is 19.8 Å². The van der Waals surface area contributed by atoms with Crippen molar-refractivity contribution in [1.29, 1.82) is 0 Å². The van der Waals surface area contributed by atoms with Crippen LogP contribution >= 0.6 is 23.2 Å². The smallest absolute Gasteiger partial charge is 0.306 e. The highest BCUT2D eigenvalue weighted by Gasteiger charge is 2.14. The predicted octanol–water partition coefficient (Wildman–Crippen LogP) is 6.00. The van der Waals surface area contributed by atoms with Gasteiger partial charge in [-0.3, -0.25) is 9.59 Å². The van der Waals surface area contributed by atoms with Gasteiger partial charge in [0.15, 0.2) is 5.76 Å². The molecule has 0 radical (unpaired) electrons. The summed E-state index contributed by atoms with van der Waals surface area (Å²) in [6.45, 7) is 2.14. The molecule has 5 nitrogen and oxygen atoms in total. The zero-order chi connectivity index (χ0) is 20.8. The van der Waals surface area contributed by atoms with Gasteiger partial charge in [0.05, 0.1) is 6.61 Å². The van der Waals surface area contributed by atoms with Crippen LogP contribution in [-0.4, -0.2) is 18.5 Å². The van der Waals surface area contributed by atoms with Crippen LogP contribution in [0.25, 0.3) is 11.3 Å². The Kier molecular flexibility index (Phi) is 6.96. The van der Waals surface area contributed by atoms with Crippen molar-refractivity contribution in [2.24, 2.45) is 0 Å². The molecular formula is C22H19Cl2NO4. The number of ether oxygens (including phenoxy) is 1. The number of carbonyl (C=O) groups is 2. The Balaban J connectivity index is 1.67. The summed E-state index contributed by atoms with van der Waals surface area (Å²) in [4.78, 5) is 24.0. The fraction of sp³-hybridized carbons (Fsp3) is 0.182. The Hall–Kier alpha value is -2.76. The first kappa shape index (κ1) is 21.0. The number of benzene rings is 2. The van der Waals surface area contributed by atoms with Gasteiger partial charge < -0.3 is 14.5 Å². The van der Waals surface area contributed by atoms with Crippen LogP contribution in [0.1, 0.15) is 29.5 Å². The number of halogens is 2. The number of hydrogen-bond donors (Lipinski definition) is 1. The minimum atomic E-state index is -0.382. The molecule has 0 saturated carbocycles. The number of rotatable bonds is 7. The quantitative estimate of drug-likeness (QED) is 0.465. The van der Waals surface area contributed by atoms with Gasteiger partial charge in [0.1, 0.15) is 5.76 Å². The highest BCUT2D eigenvalue weighted by Crippen LogP contribution is 2.29. The minimum Gasteiger partial charge on any atom is -0.466 e. The number of furan rings is 1. The highest BCUT2D eigenvalue weighted by molar-refractivity contribution is 6.35. The summed E-state index contributed by atoms with van der Waals surface area (Å²) in [6.07, 6.45) is 0.817. The molecule has 29 heavy (non-hydrogen) atoms. The molecule has 0 bridgehead atoms. The second-order valence-corrected chi connectivity index (χ2v) is 7.15. The molecule has 0 atom stereocenters. The molecule has 0 unspecified atom stereocenters. The Bertz CT molecular complexity index is 1010. The lowest BCUT2D eigenvalue weighted by Crippen LogP contribution is -2.11. The van der Waals surface area contributed by atoms with Crippen molar-refractivity contribution in [3.05, 3.63) is 76.0 Å². The molecule has 0 aliphatic carbocycles. The third kappa shape index (κ3) is 5.86. The average Bonchev–Trinajstić information content (AvgIpc) is 3.17. The molecule has 150 valence electrons. The van der Waals surface area contributed by atoms with Crippen molar-refractivity contribution in [3.63, 3.8) is 0 Å². The van der Waals surface area contributed by atoms with Crippen molar-refractivity contribution in [1.82, 2.24) is 0 Å². The van der Waals surface area contributed by atoms with E-state index in [9.17, 15) is 9.59 Å². The summed E-state index contributed by atoms with van der Waals surface area (Å²) in [7, 11) is 0. The summed E-state index contributed by atoms with van der Waals surface area (Å²) in [6, 6.07) is 15.6. The molecule has 0 aliphatic heterocycles. The van der Waals surface area contributed by atoms with Crippen LogP contribution in [0.5, 0.6) is 0 Å². The molecule has 7 heteroatoms. The number of aryl methyl sites for hydroxylation is 1. The molecule has 1 aromatic heterocycles. The topological polar surface area (TPSA) is 68.5 Å². The van der Waals surface area contributed by atoms with Crippen molar-refractivity contribution in [2.75, 3.05) is 11.9 Å². The monoisotopic (exact) mass is 431 g/mol. The van der Waals surface area contributed by atoms with Crippen LogP contribution in [-0.2, 0) is 16.0 Å². The first-order valence-electron chi connectivity index (χ1n) is 9.07. The first-order chi connectivity index (χ1) is 13.9. The maximum Gasteiger partial charge on any atom is 0.306 e. The van der Waals surface area contributed by atoms with Crippen LogP contribution in [0.2, 0.25) is 10.0 Å². The van der Waals surface area contributed by atoms with E-state index in [0.29, 0.717) is 40.1 Å². The lowest BCUT2D eigenvalue weighted by atomic mass is 10.1. The number of nitrogens with one attached hydrogen (secondary N) is 1. The van der Waals surface area contributed by atoms with Crippen LogP contribution in [0, 0.1) is 0 Å². The van der Waals surface area contributed by atoms with E-state index >= 15 is 0 Å². The van der Waals surface area contributed by atoms with E-state index in [-0.39, 0.29) is 24.1 Å². The SMILES string of the molecule is CCOC(=O)CCc1cccc(NC(=O)c2ccc(-c3cc(Cl)cc(Cl)c3)o2)c1. The average molecular weight is 432 g/mol. The molecule has 0 fully saturated rings. The van der Waals surface area contributed by atoms with Gasteiger partial charge in [0.2, 0.25) is 0 Å². The van der Waals surface area contributed by atoms with Gasteiger partial charge in [0, 0.05) is 27.7 Å². The zero-order valence-corrected chi connectivity index (χ0v) is 17.2. The van der Waals surface area contributed by atoms with Gasteiger partial charge in [-0.1, -0.05) is 35.3 Å². The largest absolute Gasteiger partial charge is 0.466 e. The third-order valence-corrected chi connectivity index (χ3v) is 4.52. The summed E-state index contributed by atoms with van der Waals surface area (Å²) >= 11 is 12.0. The van der Waals surface area contributed by atoms with E-state index in [1.807, 2.05) is 18.2 Å². The van der Waals surface area contributed by atoms with Crippen molar-refractivity contribution in [3.8, 4) is 11.3 Å². The molecule has 0 saturated heterocycles. The fourth-order valence-electron chi connectivity index (χ4n) is 2.79. The van der Waals surface area contributed by atoms with Crippen molar-refractivity contribution >= 4 is 40.8 Å². The Morgan fingerprint density at radius 2 is 1.79 bits per heavy atom. The van der Waals surface area contributed by atoms with Crippen LogP contribution in [0.15, 0.2) is 59.0 Å². The molecule has 3 rings (SSSR count). The van der Waals surface area contributed by atoms with E-state index in [0.717, 1.165) is 5.56 Å². The first-order valence-corrected chi connectivity index (χ1v) is 9.82. The second-order valence-electron chi connectivity index (χ2n) is 6.28. The highest BCUT2D eigenvalue weighted by atomic mass is 35.5. The number of hydrogen-bond acceptors (Lipinski definition) is 4. The van der Waals surface area contributed by atoms with Gasteiger partial charge in [-0.15, -0.1) is 0 Å². The van der Waals surface area contributed by atoms with Gasteiger partial charge in [0.25, 0.3) is 5.91 Å². The van der Waals surface area contributed by atoms with E-state index in [4.69, 9.17) is 32.4 Å². The predicted molar refractivity (Wildman–Crippen MR) is 114 cm³/mol. The maximum absolute atomic E-state index is 12.5. The number of esters is 1. The minimum absolute atomic E-state index is 0.160. The summed E-state index contributed by atoms with van der Waals surface area (Å²) in [5.41, 5.74) is 2.21. The van der Waals surface area contributed by atoms with Crippen LogP contribution < -0.4 is 5.32 Å². The summed E-state index contributed by atoms with van der Waals surface area (Å²) in [5, 5.41) is 3.76. The van der Waals surface area contributed by atoms with E-state index < -0.39 is 0 Å². The second kappa shape index (κ2) is 9.63. The molecular weight excluding hydrogens is 413 g/mol. The van der Waals surface area contributed by atoms with Gasteiger partial charge in [-0.05, 0) is 61.4 Å². The molecule has 3 aromatic rings. The van der Waals surface area contributed by atoms with E-state index in [1.165, 1.54) is 0 Å². The third-order valence-electron chi connectivity index (χ3n) is 4.08. The molecule has 1 amide bonds. The Labute approximate surface area is 178 Å². The van der Waals surface area contributed by atoms with Gasteiger partial charge in [-0.25, -0.2) is 0 Å². The van der Waals surface area contributed by atoms with E-state index in [1.54, 1.807) is 43.3 Å². The molecule has 0 spiro atoms. The number of carbonyl (C=O) groups excluding carboxylic acids is 2. The maximum atomic E-state index is 12.5. The summed E-state index contributed by atoms with van der Waals surface area (Å²) in [5.74, 6) is 0.0221. The lowest BCUT2D eigenvalue weighted by molar-refractivity contribution is -0.143. The lowest BCUT2D eigenvalue weighted by Gasteiger charge is -2.07. The number of anilines is 1. The van der Waals surface area contributed by atoms with E-state index in [2.05, 4.69) is 5.32 Å². The fourth-order valence-corrected chi connectivity index (χ4v) is 3.31. The Morgan fingerprint density at radius 1 is 1.03 bits per heavy atom. The molecule has 2 aromatic carbocycles. The zero-order valence-electron chi connectivity index (χ0n) is 15.7. The summed E-state index contributed by atoms with van der Waals surface area (Å²) < 4.78 is 10.6. The Morgan fingerprint density at radius 3 is 2.52 bits per heavy atom. The normalized spacial score (nSPS) is 10.6. The standard InChI is InChI=1S/C22H19Cl2NO4/c1-2-28-21(26)9-6-14-4-3-5-18(10-14)25-22(27)20-8-7-19(29-20)15-11-16(23)13-17(24)12-15/h3-5,7-8,10-13H,2,6,9H2,1H3,(H,25,27). The van der Waals surface area contributed by atoms with Gasteiger partial charge in [-0.2, -0.15) is 0 Å².